The van der Waals surface area contributed by atoms with Crippen molar-refractivity contribution in [3.63, 3.8) is 0 Å². The first-order chi connectivity index (χ1) is 9.90. The maximum Gasteiger partial charge on any atom is 0.0130 e. The number of benzene rings is 1. The highest BCUT2D eigenvalue weighted by atomic mass is 14.9. The summed E-state index contributed by atoms with van der Waals surface area (Å²) >= 11 is 0. The topological polar surface area (TPSA) is 12.0 Å². The Morgan fingerprint density at radius 2 is 1.85 bits per heavy atom. The zero-order valence-corrected chi connectivity index (χ0v) is 12.9. The van der Waals surface area contributed by atoms with Gasteiger partial charge < -0.3 is 5.32 Å². The van der Waals surface area contributed by atoms with Gasteiger partial charge in [-0.3, -0.25) is 0 Å². The largest absolute Gasteiger partial charge is 0.313 e. The van der Waals surface area contributed by atoms with Crippen LogP contribution in [0.5, 0.6) is 0 Å². The standard InChI is InChI=1S/C19H29N/c1-2-13-20-19(16-11-7-4-8-12-16)18-14-17(18)15-9-5-3-6-10-15/h3,5-6,9-10,16-20H,2,4,7-8,11-14H2,1H3. The maximum atomic E-state index is 3.90. The molecule has 2 saturated carbocycles. The number of rotatable bonds is 6. The fourth-order valence-corrected chi connectivity index (χ4v) is 4.17. The predicted octanol–water partition coefficient (Wildman–Crippen LogP) is 4.74. The van der Waals surface area contributed by atoms with E-state index in [1.165, 1.54) is 51.5 Å². The monoisotopic (exact) mass is 271 g/mol. The third kappa shape index (κ3) is 3.25. The fourth-order valence-electron chi connectivity index (χ4n) is 4.17. The highest BCUT2D eigenvalue weighted by Gasteiger charge is 2.46. The first kappa shape index (κ1) is 14.1. The van der Waals surface area contributed by atoms with E-state index in [1.807, 2.05) is 0 Å². The van der Waals surface area contributed by atoms with Crippen molar-refractivity contribution in [1.29, 1.82) is 0 Å². The van der Waals surface area contributed by atoms with Gasteiger partial charge in [0.1, 0.15) is 0 Å². The Morgan fingerprint density at radius 3 is 2.55 bits per heavy atom. The van der Waals surface area contributed by atoms with Crippen LogP contribution in [0.4, 0.5) is 0 Å². The average molecular weight is 271 g/mol. The Morgan fingerprint density at radius 1 is 1.10 bits per heavy atom. The van der Waals surface area contributed by atoms with Crippen molar-refractivity contribution in [3.8, 4) is 0 Å². The van der Waals surface area contributed by atoms with Gasteiger partial charge in [-0.05, 0) is 55.5 Å². The fraction of sp³-hybridized carbons (Fsp3) is 0.684. The molecular formula is C19H29N. The highest BCUT2D eigenvalue weighted by molar-refractivity contribution is 5.27. The van der Waals surface area contributed by atoms with Crippen molar-refractivity contribution in [1.82, 2.24) is 5.32 Å². The highest BCUT2D eigenvalue weighted by Crippen LogP contribution is 2.52. The van der Waals surface area contributed by atoms with Gasteiger partial charge in [0.05, 0.1) is 0 Å². The lowest BCUT2D eigenvalue weighted by molar-refractivity contribution is 0.246. The van der Waals surface area contributed by atoms with Crippen molar-refractivity contribution in [2.75, 3.05) is 6.54 Å². The quantitative estimate of drug-likeness (QED) is 0.788. The van der Waals surface area contributed by atoms with Gasteiger partial charge in [-0.15, -0.1) is 0 Å². The summed E-state index contributed by atoms with van der Waals surface area (Å²) in [7, 11) is 0. The molecule has 0 heterocycles. The molecule has 3 unspecified atom stereocenters. The second-order valence-electron chi connectivity index (χ2n) is 6.79. The molecule has 0 bridgehead atoms. The van der Waals surface area contributed by atoms with Gasteiger partial charge in [0, 0.05) is 6.04 Å². The summed E-state index contributed by atoms with van der Waals surface area (Å²) in [6, 6.07) is 11.9. The summed E-state index contributed by atoms with van der Waals surface area (Å²) in [5, 5.41) is 3.90. The predicted molar refractivity (Wildman–Crippen MR) is 85.9 cm³/mol. The van der Waals surface area contributed by atoms with Crippen LogP contribution >= 0.6 is 0 Å². The van der Waals surface area contributed by atoms with Gasteiger partial charge >= 0.3 is 0 Å². The van der Waals surface area contributed by atoms with Gasteiger partial charge in [0.15, 0.2) is 0 Å². The van der Waals surface area contributed by atoms with E-state index >= 15 is 0 Å². The van der Waals surface area contributed by atoms with E-state index in [1.54, 1.807) is 5.56 Å². The lowest BCUT2D eigenvalue weighted by Crippen LogP contribution is -2.39. The van der Waals surface area contributed by atoms with Crippen LogP contribution in [0.25, 0.3) is 0 Å². The van der Waals surface area contributed by atoms with Crippen molar-refractivity contribution in [3.05, 3.63) is 35.9 Å². The molecular weight excluding hydrogens is 242 g/mol. The molecule has 1 heteroatoms. The second-order valence-corrected chi connectivity index (χ2v) is 6.79. The van der Waals surface area contributed by atoms with Crippen LogP contribution in [0.2, 0.25) is 0 Å². The molecule has 0 spiro atoms. The van der Waals surface area contributed by atoms with Crippen LogP contribution in [0.15, 0.2) is 30.3 Å². The molecule has 1 aromatic rings. The molecule has 1 nitrogen and oxygen atoms in total. The summed E-state index contributed by atoms with van der Waals surface area (Å²) in [6.45, 7) is 3.48. The first-order valence-corrected chi connectivity index (χ1v) is 8.68. The van der Waals surface area contributed by atoms with E-state index in [-0.39, 0.29) is 0 Å². The first-order valence-electron chi connectivity index (χ1n) is 8.68. The maximum absolute atomic E-state index is 3.90. The lowest BCUT2D eigenvalue weighted by atomic mass is 9.81. The van der Waals surface area contributed by atoms with Gasteiger partial charge in [-0.25, -0.2) is 0 Å². The van der Waals surface area contributed by atoms with E-state index in [9.17, 15) is 0 Å². The van der Waals surface area contributed by atoms with Gasteiger partial charge in [-0.1, -0.05) is 56.5 Å². The molecule has 2 aliphatic rings. The van der Waals surface area contributed by atoms with Crippen LogP contribution in [0.3, 0.4) is 0 Å². The third-order valence-corrected chi connectivity index (χ3v) is 5.32. The summed E-state index contributed by atoms with van der Waals surface area (Å²) in [5.41, 5.74) is 1.57. The van der Waals surface area contributed by atoms with Crippen LogP contribution in [0, 0.1) is 11.8 Å². The Labute approximate surface area is 124 Å². The molecule has 0 aromatic heterocycles. The summed E-state index contributed by atoms with van der Waals surface area (Å²) in [5.74, 6) is 2.66. The number of hydrogen-bond donors (Lipinski definition) is 1. The molecule has 110 valence electrons. The van der Waals surface area contributed by atoms with Gasteiger partial charge in [-0.2, -0.15) is 0 Å². The molecule has 3 rings (SSSR count). The average Bonchev–Trinajstić information content (AvgIpc) is 3.30. The molecule has 1 N–H and O–H groups in total. The molecule has 20 heavy (non-hydrogen) atoms. The van der Waals surface area contributed by atoms with E-state index in [4.69, 9.17) is 0 Å². The smallest absolute Gasteiger partial charge is 0.0130 e. The minimum atomic E-state index is 0.778. The molecule has 2 aliphatic carbocycles. The van der Waals surface area contributed by atoms with Crippen LogP contribution < -0.4 is 5.32 Å². The van der Waals surface area contributed by atoms with Crippen LogP contribution in [0.1, 0.15) is 63.4 Å². The minimum Gasteiger partial charge on any atom is -0.313 e. The van der Waals surface area contributed by atoms with E-state index in [0.29, 0.717) is 0 Å². The Kier molecular flexibility index (Phi) is 4.77. The summed E-state index contributed by atoms with van der Waals surface area (Å²) in [6.07, 6.45) is 9.95. The van der Waals surface area contributed by atoms with E-state index in [2.05, 4.69) is 42.6 Å². The molecule has 0 radical (unpaired) electrons. The van der Waals surface area contributed by atoms with Crippen LogP contribution in [-0.4, -0.2) is 12.6 Å². The third-order valence-electron chi connectivity index (χ3n) is 5.32. The molecule has 0 aliphatic heterocycles. The SMILES string of the molecule is CCCNC(C1CCCCC1)C1CC1c1ccccc1. The number of nitrogens with one attached hydrogen (secondary N) is 1. The van der Waals surface area contributed by atoms with E-state index in [0.717, 1.165) is 23.8 Å². The second kappa shape index (κ2) is 6.76. The zero-order chi connectivity index (χ0) is 13.8. The Bertz CT molecular complexity index is 393. The lowest BCUT2D eigenvalue weighted by Gasteiger charge is -2.31. The summed E-state index contributed by atoms with van der Waals surface area (Å²) < 4.78 is 0. The van der Waals surface area contributed by atoms with Gasteiger partial charge in [0.25, 0.3) is 0 Å². The normalized spacial score (nSPS) is 28.2. The summed E-state index contributed by atoms with van der Waals surface area (Å²) in [4.78, 5) is 0. The molecule has 2 fully saturated rings. The number of hydrogen-bond acceptors (Lipinski definition) is 1. The van der Waals surface area contributed by atoms with E-state index < -0.39 is 0 Å². The van der Waals surface area contributed by atoms with Crippen molar-refractivity contribution in [2.24, 2.45) is 11.8 Å². The Hall–Kier alpha value is -0.820. The van der Waals surface area contributed by atoms with Crippen LogP contribution in [-0.2, 0) is 0 Å². The van der Waals surface area contributed by atoms with Gasteiger partial charge in [0.2, 0.25) is 0 Å². The van der Waals surface area contributed by atoms with Crippen molar-refractivity contribution in [2.45, 2.75) is 63.8 Å². The molecule has 1 aromatic carbocycles. The Balaban J connectivity index is 1.64. The molecule has 0 amide bonds. The zero-order valence-electron chi connectivity index (χ0n) is 12.9. The molecule has 3 atom stereocenters. The van der Waals surface area contributed by atoms with Crippen molar-refractivity contribution < 1.29 is 0 Å². The van der Waals surface area contributed by atoms with Crippen molar-refractivity contribution >= 4 is 0 Å². The minimum absolute atomic E-state index is 0.778. The molecule has 0 saturated heterocycles.